The van der Waals surface area contributed by atoms with E-state index in [0.717, 1.165) is 29.8 Å². The maximum atomic E-state index is 11.1. The van der Waals surface area contributed by atoms with E-state index in [-0.39, 0.29) is 0 Å². The van der Waals surface area contributed by atoms with Crippen molar-refractivity contribution in [2.45, 2.75) is 26.3 Å². The summed E-state index contributed by atoms with van der Waals surface area (Å²) in [7, 11) is 0. The molecule has 4 nitrogen and oxygen atoms in total. The fourth-order valence-corrected chi connectivity index (χ4v) is 4.04. The maximum Gasteiger partial charge on any atom is 0.335 e. The zero-order chi connectivity index (χ0) is 14.1. The van der Waals surface area contributed by atoms with Crippen LogP contribution >= 0.6 is 11.8 Å². The molecule has 1 aliphatic rings. The van der Waals surface area contributed by atoms with Crippen molar-refractivity contribution >= 4 is 28.8 Å². The van der Waals surface area contributed by atoms with Gasteiger partial charge in [0, 0.05) is 13.0 Å². The lowest BCUT2D eigenvalue weighted by Crippen LogP contribution is -2.12. The Kier molecular flexibility index (Phi) is 3.70. The van der Waals surface area contributed by atoms with Crippen LogP contribution in [0.1, 0.15) is 29.5 Å². The molecule has 0 aliphatic carbocycles. The lowest BCUT2D eigenvalue weighted by molar-refractivity contribution is 0.0697. The summed E-state index contributed by atoms with van der Waals surface area (Å²) in [6.07, 6.45) is 2.11. The zero-order valence-electron chi connectivity index (χ0n) is 11.5. The van der Waals surface area contributed by atoms with Crippen molar-refractivity contribution in [3.8, 4) is 0 Å². The molecule has 2 aromatic rings. The average molecular weight is 290 g/mol. The minimum atomic E-state index is -0.880. The molecule has 0 bridgehead atoms. The van der Waals surface area contributed by atoms with Gasteiger partial charge in [0.15, 0.2) is 0 Å². The van der Waals surface area contributed by atoms with Gasteiger partial charge in [-0.2, -0.15) is 11.8 Å². The number of rotatable bonds is 4. The Bertz CT molecular complexity index is 645. The van der Waals surface area contributed by atoms with Gasteiger partial charge in [-0.05, 0) is 42.0 Å². The van der Waals surface area contributed by atoms with Crippen LogP contribution in [0.25, 0.3) is 11.0 Å². The quantitative estimate of drug-likeness (QED) is 0.940. The van der Waals surface area contributed by atoms with Crippen LogP contribution in [0, 0.1) is 5.92 Å². The number of carboxylic acids is 1. The third-order valence-electron chi connectivity index (χ3n) is 3.86. The van der Waals surface area contributed by atoms with Crippen molar-refractivity contribution in [1.29, 1.82) is 0 Å². The molecule has 5 heteroatoms. The predicted molar refractivity (Wildman–Crippen MR) is 81.5 cm³/mol. The van der Waals surface area contributed by atoms with Gasteiger partial charge in [0.1, 0.15) is 5.82 Å². The minimum absolute atomic E-state index is 0.335. The van der Waals surface area contributed by atoms with Gasteiger partial charge in [-0.15, -0.1) is 0 Å². The lowest BCUT2D eigenvalue weighted by atomic mass is 10.1. The van der Waals surface area contributed by atoms with Gasteiger partial charge in [0.2, 0.25) is 0 Å². The summed E-state index contributed by atoms with van der Waals surface area (Å²) in [5.41, 5.74) is 2.19. The smallest absolute Gasteiger partial charge is 0.335 e. The molecule has 1 aromatic heterocycles. The van der Waals surface area contributed by atoms with E-state index < -0.39 is 5.97 Å². The van der Waals surface area contributed by atoms with Crippen LogP contribution in [-0.4, -0.2) is 32.1 Å². The number of carboxylic acid groups (broad SMARTS) is 1. The van der Waals surface area contributed by atoms with Crippen LogP contribution in [0.4, 0.5) is 0 Å². The Hall–Kier alpha value is -1.49. The number of thioether (sulfide) groups is 1. The molecule has 1 fully saturated rings. The van der Waals surface area contributed by atoms with Gasteiger partial charge in [-0.3, -0.25) is 0 Å². The number of hydrogen-bond acceptors (Lipinski definition) is 3. The van der Waals surface area contributed by atoms with Crippen molar-refractivity contribution < 1.29 is 9.90 Å². The molecule has 0 radical (unpaired) electrons. The third kappa shape index (κ3) is 2.42. The van der Waals surface area contributed by atoms with Crippen LogP contribution < -0.4 is 0 Å². The van der Waals surface area contributed by atoms with E-state index in [0.29, 0.717) is 11.5 Å². The SMILES string of the molecule is CCc1nc2ccc(C(=O)O)cc2n1CC1CCSC1. The number of benzene rings is 1. The van der Waals surface area contributed by atoms with Gasteiger partial charge in [-0.25, -0.2) is 9.78 Å². The van der Waals surface area contributed by atoms with E-state index in [9.17, 15) is 4.79 Å². The van der Waals surface area contributed by atoms with Gasteiger partial charge < -0.3 is 9.67 Å². The molecule has 1 unspecified atom stereocenters. The molecular formula is C15H18N2O2S. The van der Waals surface area contributed by atoms with Crippen molar-refractivity contribution in [2.75, 3.05) is 11.5 Å². The molecule has 1 aromatic carbocycles. The first-order valence-corrected chi connectivity index (χ1v) is 8.14. The fourth-order valence-electron chi connectivity index (χ4n) is 2.76. The molecular weight excluding hydrogens is 272 g/mol. The molecule has 1 saturated heterocycles. The molecule has 0 saturated carbocycles. The van der Waals surface area contributed by atoms with E-state index in [4.69, 9.17) is 5.11 Å². The number of hydrogen-bond donors (Lipinski definition) is 1. The predicted octanol–water partition coefficient (Wildman–Crippen LogP) is 3.05. The Balaban J connectivity index is 2.05. The van der Waals surface area contributed by atoms with Gasteiger partial charge in [-0.1, -0.05) is 6.92 Å². The van der Waals surface area contributed by atoms with Crippen LogP contribution in [0.2, 0.25) is 0 Å². The zero-order valence-corrected chi connectivity index (χ0v) is 12.3. The van der Waals surface area contributed by atoms with Crippen LogP contribution in [0.15, 0.2) is 18.2 Å². The highest BCUT2D eigenvalue weighted by molar-refractivity contribution is 7.99. The van der Waals surface area contributed by atoms with Crippen molar-refractivity contribution in [2.24, 2.45) is 5.92 Å². The van der Waals surface area contributed by atoms with E-state index in [2.05, 4.69) is 16.5 Å². The van der Waals surface area contributed by atoms with E-state index in [1.54, 1.807) is 12.1 Å². The monoisotopic (exact) mass is 290 g/mol. The van der Waals surface area contributed by atoms with Crippen molar-refractivity contribution in [3.63, 3.8) is 0 Å². The first kappa shape index (κ1) is 13.5. The fraction of sp³-hybridized carbons (Fsp3) is 0.467. The highest BCUT2D eigenvalue weighted by Gasteiger charge is 2.19. The number of nitrogens with zero attached hydrogens (tertiary/aromatic N) is 2. The Morgan fingerprint density at radius 2 is 2.40 bits per heavy atom. The normalized spacial score (nSPS) is 18.8. The molecule has 0 amide bonds. The van der Waals surface area contributed by atoms with Crippen LogP contribution in [0.5, 0.6) is 0 Å². The number of fused-ring (bicyclic) bond motifs is 1. The second kappa shape index (κ2) is 5.48. The van der Waals surface area contributed by atoms with Crippen molar-refractivity contribution in [1.82, 2.24) is 9.55 Å². The summed E-state index contributed by atoms with van der Waals surface area (Å²) >= 11 is 2.00. The Labute approximate surface area is 122 Å². The summed E-state index contributed by atoms with van der Waals surface area (Å²) in [5, 5.41) is 9.15. The second-order valence-electron chi connectivity index (χ2n) is 5.23. The number of imidazole rings is 1. The molecule has 1 aliphatic heterocycles. The van der Waals surface area contributed by atoms with Gasteiger partial charge >= 0.3 is 5.97 Å². The summed E-state index contributed by atoms with van der Waals surface area (Å²) in [5.74, 6) is 3.28. The number of aromatic nitrogens is 2. The highest BCUT2D eigenvalue weighted by atomic mass is 32.2. The van der Waals surface area contributed by atoms with E-state index in [1.165, 1.54) is 17.9 Å². The van der Waals surface area contributed by atoms with Gasteiger partial charge in [0.25, 0.3) is 0 Å². The van der Waals surface area contributed by atoms with Crippen LogP contribution in [-0.2, 0) is 13.0 Å². The molecule has 106 valence electrons. The van der Waals surface area contributed by atoms with Crippen molar-refractivity contribution in [3.05, 3.63) is 29.6 Å². The number of aryl methyl sites for hydroxylation is 1. The third-order valence-corrected chi connectivity index (χ3v) is 5.09. The Morgan fingerprint density at radius 1 is 1.55 bits per heavy atom. The molecule has 20 heavy (non-hydrogen) atoms. The molecule has 1 atom stereocenters. The summed E-state index contributed by atoms with van der Waals surface area (Å²) in [6.45, 7) is 3.05. The molecule has 0 spiro atoms. The number of aromatic carboxylic acids is 1. The first-order chi connectivity index (χ1) is 9.69. The standard InChI is InChI=1S/C15H18N2O2S/c1-2-14-16-12-4-3-11(15(18)19)7-13(12)17(14)8-10-5-6-20-9-10/h3-4,7,10H,2,5-6,8-9H2,1H3,(H,18,19). The molecule has 2 heterocycles. The summed E-state index contributed by atoms with van der Waals surface area (Å²) < 4.78 is 2.22. The Morgan fingerprint density at radius 3 is 3.05 bits per heavy atom. The van der Waals surface area contributed by atoms with Crippen LogP contribution in [0.3, 0.4) is 0 Å². The average Bonchev–Trinajstić information content (AvgIpc) is 3.06. The topological polar surface area (TPSA) is 55.1 Å². The minimum Gasteiger partial charge on any atom is -0.478 e. The maximum absolute atomic E-state index is 11.1. The van der Waals surface area contributed by atoms with E-state index >= 15 is 0 Å². The number of carbonyl (C=O) groups is 1. The van der Waals surface area contributed by atoms with Gasteiger partial charge in [0.05, 0.1) is 16.6 Å². The largest absolute Gasteiger partial charge is 0.478 e. The lowest BCUT2D eigenvalue weighted by Gasteiger charge is -2.13. The first-order valence-electron chi connectivity index (χ1n) is 6.99. The molecule has 1 N–H and O–H groups in total. The molecule has 3 rings (SSSR count). The summed E-state index contributed by atoms with van der Waals surface area (Å²) in [6, 6.07) is 5.20. The highest BCUT2D eigenvalue weighted by Crippen LogP contribution is 2.27. The second-order valence-corrected chi connectivity index (χ2v) is 6.38. The van der Waals surface area contributed by atoms with E-state index in [1.807, 2.05) is 17.8 Å². The summed E-state index contributed by atoms with van der Waals surface area (Å²) in [4.78, 5) is 15.8.